The van der Waals surface area contributed by atoms with Crippen molar-refractivity contribution in [1.29, 1.82) is 0 Å². The summed E-state index contributed by atoms with van der Waals surface area (Å²) >= 11 is 3.18. The highest BCUT2D eigenvalue weighted by Crippen LogP contribution is 2.33. The molecule has 0 saturated heterocycles. The maximum atomic E-state index is 12.6. The van der Waals surface area contributed by atoms with Crippen molar-refractivity contribution in [3.05, 3.63) is 48.0 Å². The minimum absolute atomic E-state index is 0.163. The average molecular weight is 417 g/mol. The number of fused-ring (bicyclic) bond motifs is 1. The predicted molar refractivity (Wildman–Crippen MR) is 118 cm³/mol. The number of hydrogen-bond donors (Lipinski definition) is 3. The zero-order valence-corrected chi connectivity index (χ0v) is 17.8. The number of unbranched alkanes of at least 4 members (excludes halogenated alkanes) is 2. The number of anilines is 1. The standard InChI is InChI=1S/C21H25N3O2S2/c1-3-4-5-12-22-28-17-9-7-16(8-10-17)23-21(26)15-6-11-19-18(13-15)24(2)20(25)14-27-19/h6-11,13,22H,3-5,12,14H2,1-2H3,(H,23,26)/p+1. The lowest BCUT2D eigenvalue weighted by Gasteiger charge is -2.12. The third kappa shape index (κ3) is 5.31. The van der Waals surface area contributed by atoms with Crippen molar-refractivity contribution in [3.8, 4) is 0 Å². The maximum Gasteiger partial charge on any atom is 0.350 e. The number of aliphatic hydroxyl groups excluding tert-OH is 1. The summed E-state index contributed by atoms with van der Waals surface area (Å²) in [6.07, 6.45) is 3.65. The van der Waals surface area contributed by atoms with Crippen LogP contribution in [-0.2, 0) is 0 Å². The number of hydrogen-bond acceptors (Lipinski definition) is 4. The second kappa shape index (κ2) is 10.0. The van der Waals surface area contributed by atoms with Gasteiger partial charge in [-0.05, 0) is 54.8 Å². The Bertz CT molecular complexity index is 866. The van der Waals surface area contributed by atoms with Gasteiger partial charge in [-0.15, -0.1) is 11.8 Å². The topological polar surface area (TPSA) is 64.4 Å². The molecule has 28 heavy (non-hydrogen) atoms. The van der Waals surface area contributed by atoms with Crippen LogP contribution in [0.15, 0.2) is 52.3 Å². The van der Waals surface area contributed by atoms with Crippen LogP contribution in [0, 0.1) is 0 Å². The number of nitrogens with one attached hydrogen (secondary N) is 2. The number of benzene rings is 2. The Morgan fingerprint density at radius 1 is 1.21 bits per heavy atom. The maximum absolute atomic E-state index is 12.6. The van der Waals surface area contributed by atoms with Crippen molar-refractivity contribution in [1.82, 2.24) is 4.72 Å². The quantitative estimate of drug-likeness (QED) is 0.319. The molecular weight excluding hydrogens is 390 g/mol. The largest absolute Gasteiger partial charge is 0.463 e. The SMILES string of the molecule is CCCCCNSc1ccc(NC(=O)c2ccc3c(c2)[N+](C)=C(O)CS3)cc1. The van der Waals surface area contributed by atoms with E-state index in [2.05, 4.69) is 17.0 Å². The van der Waals surface area contributed by atoms with Crippen LogP contribution < -0.4 is 10.0 Å². The van der Waals surface area contributed by atoms with E-state index in [1.165, 1.54) is 19.3 Å². The van der Waals surface area contributed by atoms with Crippen molar-refractivity contribution in [2.45, 2.75) is 36.0 Å². The summed E-state index contributed by atoms with van der Waals surface area (Å²) in [5.41, 5.74) is 2.18. The molecule has 1 heterocycles. The Balaban J connectivity index is 1.59. The van der Waals surface area contributed by atoms with Crippen LogP contribution in [0.1, 0.15) is 36.5 Å². The molecule has 0 unspecified atom stereocenters. The lowest BCUT2D eigenvalue weighted by molar-refractivity contribution is -0.418. The molecule has 0 fully saturated rings. The van der Waals surface area contributed by atoms with E-state index in [1.54, 1.807) is 28.3 Å². The molecule has 3 N–H and O–H groups in total. The van der Waals surface area contributed by atoms with Gasteiger partial charge in [-0.25, -0.2) is 0 Å². The summed E-state index contributed by atoms with van der Waals surface area (Å²) in [5, 5.41) is 12.9. The number of aliphatic hydroxyl groups is 1. The van der Waals surface area contributed by atoms with Crippen LogP contribution in [0.25, 0.3) is 0 Å². The number of nitrogens with zero attached hydrogens (tertiary/aromatic N) is 1. The first-order valence-electron chi connectivity index (χ1n) is 9.45. The predicted octanol–water partition coefficient (Wildman–Crippen LogP) is 5.06. The lowest BCUT2D eigenvalue weighted by Crippen LogP contribution is -2.20. The molecular formula is C21H26N3O2S2+. The normalized spacial score (nSPS) is 13.4. The van der Waals surface area contributed by atoms with Crippen LogP contribution in [0.4, 0.5) is 11.4 Å². The Labute approximate surface area is 174 Å². The molecule has 2 aromatic carbocycles. The Morgan fingerprint density at radius 3 is 2.75 bits per heavy atom. The fraction of sp³-hybridized carbons (Fsp3) is 0.333. The second-order valence-electron chi connectivity index (χ2n) is 6.63. The van der Waals surface area contributed by atoms with Crippen molar-refractivity contribution in [2.75, 3.05) is 24.7 Å². The molecule has 0 aromatic heterocycles. The smallest absolute Gasteiger partial charge is 0.350 e. The first-order chi connectivity index (χ1) is 13.6. The zero-order chi connectivity index (χ0) is 19.9. The van der Waals surface area contributed by atoms with E-state index >= 15 is 0 Å². The number of thioether (sulfide) groups is 1. The van der Waals surface area contributed by atoms with E-state index in [-0.39, 0.29) is 5.91 Å². The highest BCUT2D eigenvalue weighted by Gasteiger charge is 2.25. The fourth-order valence-corrected chi connectivity index (χ4v) is 4.48. The highest BCUT2D eigenvalue weighted by atomic mass is 32.2. The van der Waals surface area contributed by atoms with Gasteiger partial charge in [0.1, 0.15) is 12.8 Å². The molecule has 0 bridgehead atoms. The van der Waals surface area contributed by atoms with E-state index in [9.17, 15) is 9.90 Å². The molecule has 0 radical (unpaired) electrons. The molecule has 0 spiro atoms. The molecule has 0 saturated carbocycles. The van der Waals surface area contributed by atoms with Crippen molar-refractivity contribution in [2.24, 2.45) is 0 Å². The van der Waals surface area contributed by atoms with Crippen LogP contribution in [0.3, 0.4) is 0 Å². The van der Waals surface area contributed by atoms with Gasteiger partial charge in [0.25, 0.3) is 5.91 Å². The number of carbonyl (C=O) groups excluding carboxylic acids is 1. The minimum atomic E-state index is -0.163. The van der Waals surface area contributed by atoms with Gasteiger partial charge in [0.15, 0.2) is 0 Å². The lowest BCUT2D eigenvalue weighted by atomic mass is 10.1. The van der Waals surface area contributed by atoms with Gasteiger partial charge in [-0.1, -0.05) is 19.8 Å². The molecule has 1 amide bonds. The van der Waals surface area contributed by atoms with E-state index in [0.717, 1.165) is 27.7 Å². The molecule has 2 aromatic rings. The molecule has 1 aliphatic heterocycles. The van der Waals surface area contributed by atoms with Crippen LogP contribution in [-0.4, -0.2) is 40.8 Å². The fourth-order valence-electron chi connectivity index (χ4n) is 2.81. The van der Waals surface area contributed by atoms with Crippen molar-refractivity contribution >= 4 is 46.9 Å². The third-order valence-electron chi connectivity index (χ3n) is 4.51. The highest BCUT2D eigenvalue weighted by molar-refractivity contribution is 8.00. The number of carbonyl (C=O) groups is 1. The molecule has 0 aliphatic carbocycles. The number of rotatable bonds is 8. The van der Waals surface area contributed by atoms with Gasteiger partial charge in [-0.3, -0.25) is 9.52 Å². The summed E-state index contributed by atoms with van der Waals surface area (Å²) in [6.45, 7) is 3.19. The summed E-state index contributed by atoms with van der Waals surface area (Å²) in [6, 6.07) is 13.4. The van der Waals surface area contributed by atoms with E-state index in [4.69, 9.17) is 0 Å². The average Bonchev–Trinajstić information content (AvgIpc) is 2.71. The Hall–Kier alpha value is -1.96. The zero-order valence-electron chi connectivity index (χ0n) is 16.2. The second-order valence-corrected chi connectivity index (χ2v) is 8.61. The van der Waals surface area contributed by atoms with Crippen molar-refractivity contribution in [3.63, 3.8) is 0 Å². The molecule has 3 rings (SSSR count). The van der Waals surface area contributed by atoms with E-state index in [1.807, 2.05) is 49.5 Å². The molecule has 0 atom stereocenters. The monoisotopic (exact) mass is 416 g/mol. The van der Waals surface area contributed by atoms with Crippen LogP contribution >= 0.6 is 23.7 Å². The molecule has 148 valence electrons. The summed E-state index contributed by atoms with van der Waals surface area (Å²) in [4.78, 5) is 14.8. The Morgan fingerprint density at radius 2 is 2.00 bits per heavy atom. The summed E-state index contributed by atoms with van der Waals surface area (Å²) in [5.74, 6) is 0.683. The molecule has 7 heteroatoms. The molecule has 1 aliphatic rings. The van der Waals surface area contributed by atoms with Crippen LogP contribution in [0.2, 0.25) is 0 Å². The van der Waals surface area contributed by atoms with Gasteiger partial charge >= 0.3 is 5.90 Å². The Kier molecular flexibility index (Phi) is 7.42. The van der Waals surface area contributed by atoms with Gasteiger partial charge < -0.3 is 10.4 Å². The third-order valence-corrected chi connectivity index (χ3v) is 6.43. The first kappa shape index (κ1) is 20.8. The van der Waals surface area contributed by atoms with E-state index in [0.29, 0.717) is 17.2 Å². The van der Waals surface area contributed by atoms with E-state index < -0.39 is 0 Å². The number of amides is 1. The molecule has 5 nitrogen and oxygen atoms in total. The van der Waals surface area contributed by atoms with Gasteiger partial charge in [0.05, 0.1) is 4.90 Å². The van der Waals surface area contributed by atoms with Crippen LogP contribution in [0.5, 0.6) is 0 Å². The van der Waals surface area contributed by atoms with Gasteiger partial charge in [-0.2, -0.15) is 4.58 Å². The summed E-state index contributed by atoms with van der Waals surface area (Å²) in [7, 11) is 1.81. The van der Waals surface area contributed by atoms with Gasteiger partial charge in [0, 0.05) is 28.8 Å². The first-order valence-corrected chi connectivity index (χ1v) is 11.2. The summed E-state index contributed by atoms with van der Waals surface area (Å²) < 4.78 is 5.08. The van der Waals surface area contributed by atoms with Crippen molar-refractivity contribution < 1.29 is 14.5 Å². The minimum Gasteiger partial charge on any atom is -0.463 e. The van der Waals surface area contributed by atoms with Gasteiger partial charge in [0.2, 0.25) is 5.69 Å².